The van der Waals surface area contributed by atoms with Crippen molar-refractivity contribution in [3.05, 3.63) is 15.3 Å². The minimum absolute atomic E-state index is 0.250. The second-order valence-electron chi connectivity index (χ2n) is 0.329. The summed E-state index contributed by atoms with van der Waals surface area (Å²) in [4.78, 5) is 16.6. The van der Waals surface area contributed by atoms with Crippen molar-refractivity contribution in [2.75, 3.05) is 0 Å². The molecule has 0 rings (SSSR count). The van der Waals surface area contributed by atoms with Gasteiger partial charge < -0.3 is 20.4 Å². The van der Waals surface area contributed by atoms with Crippen molar-refractivity contribution in [3.63, 3.8) is 0 Å². The van der Waals surface area contributed by atoms with Crippen LogP contribution < -0.4 is 0 Å². The molecule has 7 heavy (non-hydrogen) atoms. The fraction of sp³-hybridized carbons (Fsp3) is 0. The highest BCUT2D eigenvalue weighted by Gasteiger charge is 1.45. The maximum absolute atomic E-state index is 8.36. The van der Waals surface area contributed by atoms with Crippen LogP contribution in [-0.4, -0.2) is 16.7 Å². The number of carbonyl (C=O) groups is 1. The van der Waals surface area contributed by atoms with E-state index in [-0.39, 0.29) is 6.47 Å². The molecule has 0 radical (unpaired) electrons. The van der Waals surface area contributed by atoms with E-state index in [1.165, 1.54) is 0 Å². The topological polar surface area (TPSA) is 104 Å². The molecule has 0 saturated heterocycles. The third-order valence-corrected chi connectivity index (χ3v) is 0. The molecule has 0 aliphatic rings. The molecule has 0 fully saturated rings. The Labute approximate surface area is 38.1 Å². The monoisotopic (exact) mass is 108 g/mol. The van der Waals surface area contributed by atoms with E-state index >= 15 is 0 Å². The van der Waals surface area contributed by atoms with E-state index in [1.54, 1.807) is 0 Å². The molecule has 0 atom stereocenters. The Morgan fingerprint density at radius 3 is 1.57 bits per heavy atom. The van der Waals surface area contributed by atoms with Crippen LogP contribution in [0.3, 0.4) is 0 Å². The molecular weight excluding hydrogens is 106 g/mol. The first kappa shape index (κ1) is 9.18. The Hall–Kier alpha value is -1.33. The summed E-state index contributed by atoms with van der Waals surface area (Å²) in [6, 6.07) is 0. The van der Waals surface area contributed by atoms with Crippen molar-refractivity contribution >= 4 is 6.47 Å². The van der Waals surface area contributed by atoms with E-state index in [0.29, 0.717) is 0 Å². The van der Waals surface area contributed by atoms with Gasteiger partial charge >= 0.3 is 0 Å². The van der Waals surface area contributed by atoms with Crippen LogP contribution in [0.15, 0.2) is 0 Å². The molecule has 6 heteroatoms. The summed E-state index contributed by atoms with van der Waals surface area (Å²) < 4.78 is 0. The summed E-state index contributed by atoms with van der Waals surface area (Å²) in [7, 11) is 0. The highest BCUT2D eigenvalue weighted by molar-refractivity contribution is 5.32. The Morgan fingerprint density at radius 1 is 1.57 bits per heavy atom. The van der Waals surface area contributed by atoms with Crippen LogP contribution in [0.1, 0.15) is 0 Å². The van der Waals surface area contributed by atoms with Gasteiger partial charge in [-0.15, -0.1) is 0 Å². The second-order valence-corrected chi connectivity index (χ2v) is 0.329. The summed E-state index contributed by atoms with van der Waals surface area (Å²) in [5.41, 5.74) is 0. The molecule has 0 aromatic carbocycles. The van der Waals surface area contributed by atoms with Gasteiger partial charge in [0.15, 0.2) is 0 Å². The first-order chi connectivity index (χ1) is 3.15. The summed E-state index contributed by atoms with van der Waals surface area (Å²) >= 11 is 0. The van der Waals surface area contributed by atoms with Crippen molar-refractivity contribution in [1.29, 1.82) is 0 Å². The highest BCUT2D eigenvalue weighted by atomic mass is 16.9. The van der Waals surface area contributed by atoms with E-state index in [9.17, 15) is 0 Å². The van der Waals surface area contributed by atoms with Crippen LogP contribution in [0.4, 0.5) is 0 Å². The van der Waals surface area contributed by atoms with E-state index < -0.39 is 5.09 Å². The zero-order valence-corrected chi connectivity index (χ0v) is 3.10. The Balaban J connectivity index is 0. The van der Waals surface area contributed by atoms with Gasteiger partial charge in [-0.1, -0.05) is 0 Å². The number of hydrogen-bond acceptors (Lipinski definition) is 4. The lowest BCUT2D eigenvalue weighted by molar-refractivity contribution is -0.402. The van der Waals surface area contributed by atoms with Crippen LogP contribution in [0.25, 0.3) is 0 Å². The van der Waals surface area contributed by atoms with Crippen molar-refractivity contribution in [3.8, 4) is 0 Å². The van der Waals surface area contributed by atoms with Crippen molar-refractivity contribution < 1.29 is 15.0 Å². The largest absolute Gasteiger partial charge is 0.483 e. The van der Waals surface area contributed by atoms with Gasteiger partial charge in [0.25, 0.3) is 6.47 Å². The van der Waals surface area contributed by atoms with Gasteiger partial charge in [0.1, 0.15) is 0 Å². The van der Waals surface area contributed by atoms with Gasteiger partial charge in [-0.25, -0.2) is 0 Å². The first-order valence-electron chi connectivity index (χ1n) is 1.04. The molecular formula is CH2NO5-. The van der Waals surface area contributed by atoms with E-state index in [0.717, 1.165) is 0 Å². The summed E-state index contributed by atoms with van der Waals surface area (Å²) in [5, 5.41) is 21.6. The molecule has 0 aliphatic heterocycles. The normalized spacial score (nSPS) is 5.14. The predicted molar refractivity (Wildman–Crippen MR) is 19.1 cm³/mol. The second kappa shape index (κ2) is 8.82. The zero-order chi connectivity index (χ0) is 6.28. The standard InChI is InChI=1S/CH2O2.NO3/c2-1-3;2-1(3)4/h1H,(H,2,3);/q;-1. The molecule has 42 valence electrons. The molecule has 0 unspecified atom stereocenters. The molecule has 0 heterocycles. The summed E-state index contributed by atoms with van der Waals surface area (Å²) in [6.07, 6.45) is 0. The van der Waals surface area contributed by atoms with Gasteiger partial charge in [0.2, 0.25) is 0 Å². The Kier molecular flexibility index (Phi) is 11.6. The molecule has 0 aromatic rings. The molecule has 0 saturated carbocycles. The average molecular weight is 108 g/mol. The molecule has 0 aromatic heterocycles. The minimum atomic E-state index is -1.75. The average Bonchev–Trinajstić information content (AvgIpc) is 1.33. The molecule has 0 bridgehead atoms. The van der Waals surface area contributed by atoms with Crippen LogP contribution in [-0.2, 0) is 4.79 Å². The molecule has 6 nitrogen and oxygen atoms in total. The van der Waals surface area contributed by atoms with Gasteiger partial charge in [-0.2, -0.15) is 0 Å². The van der Waals surface area contributed by atoms with E-state index in [2.05, 4.69) is 0 Å². The van der Waals surface area contributed by atoms with Crippen LogP contribution in [0, 0.1) is 15.3 Å². The van der Waals surface area contributed by atoms with Crippen molar-refractivity contribution in [2.45, 2.75) is 0 Å². The fourth-order valence-corrected chi connectivity index (χ4v) is 0. The number of nitrogens with zero attached hydrogens (tertiary/aromatic N) is 1. The molecule has 0 amide bonds. The predicted octanol–water partition coefficient (Wildman–Crippen LogP) is -0.538. The van der Waals surface area contributed by atoms with Gasteiger partial charge in [-0.05, 0) is 0 Å². The maximum Gasteiger partial charge on any atom is 0.290 e. The zero-order valence-electron chi connectivity index (χ0n) is 3.10. The molecule has 0 aliphatic carbocycles. The lowest BCUT2D eigenvalue weighted by atomic mass is 11.7. The van der Waals surface area contributed by atoms with E-state index in [1.807, 2.05) is 0 Å². The van der Waals surface area contributed by atoms with Crippen LogP contribution in [0.5, 0.6) is 0 Å². The van der Waals surface area contributed by atoms with Gasteiger partial charge in [0.05, 0.1) is 5.09 Å². The van der Waals surface area contributed by atoms with Crippen molar-refractivity contribution in [2.24, 2.45) is 0 Å². The SMILES string of the molecule is O=CO.O=[N+]([O-])[O-]. The van der Waals surface area contributed by atoms with Gasteiger partial charge in [-0.3, -0.25) is 4.79 Å². The minimum Gasteiger partial charge on any atom is -0.483 e. The summed E-state index contributed by atoms with van der Waals surface area (Å²) in [6.45, 7) is -0.250. The fourth-order valence-electron chi connectivity index (χ4n) is 0. The first-order valence-corrected chi connectivity index (χ1v) is 1.04. The lowest BCUT2D eigenvalue weighted by Gasteiger charge is -1.74. The van der Waals surface area contributed by atoms with E-state index in [4.69, 9.17) is 25.2 Å². The Morgan fingerprint density at radius 2 is 1.57 bits per heavy atom. The number of rotatable bonds is 0. The highest BCUT2D eigenvalue weighted by Crippen LogP contribution is 1.44. The smallest absolute Gasteiger partial charge is 0.290 e. The quantitative estimate of drug-likeness (QED) is 0.255. The van der Waals surface area contributed by atoms with Crippen molar-refractivity contribution in [1.82, 2.24) is 0 Å². The van der Waals surface area contributed by atoms with Gasteiger partial charge in [0, 0.05) is 0 Å². The number of hydrogen-bond donors (Lipinski definition) is 1. The third kappa shape index (κ3) is 18.8. The third-order valence-electron chi connectivity index (χ3n) is 0. The summed E-state index contributed by atoms with van der Waals surface area (Å²) in [5.74, 6) is 0. The molecule has 1 N–H and O–H groups in total. The Bertz CT molecular complexity index is 55.1. The van der Waals surface area contributed by atoms with Crippen LogP contribution in [0.2, 0.25) is 0 Å². The maximum atomic E-state index is 8.36. The molecule has 0 spiro atoms. The lowest BCUT2D eigenvalue weighted by Crippen LogP contribution is -1.74. The van der Waals surface area contributed by atoms with Crippen LogP contribution >= 0.6 is 0 Å². The number of carboxylic acid groups (broad SMARTS) is 1.